The topological polar surface area (TPSA) is 81.1 Å². The lowest BCUT2D eigenvalue weighted by Gasteiger charge is -2.11. The number of nitrogens with zero attached hydrogens (tertiary/aromatic N) is 2. The highest BCUT2D eigenvalue weighted by molar-refractivity contribution is 9.10. The fraction of sp³-hybridized carbons (Fsp3) is 0.130. The molecule has 182 valence electrons. The molecule has 0 fully saturated rings. The van der Waals surface area contributed by atoms with Crippen molar-refractivity contribution in [3.05, 3.63) is 87.9 Å². The number of hydrogen-bond donors (Lipinski definition) is 1. The second-order valence-electron chi connectivity index (χ2n) is 7.69. The molecule has 0 saturated heterocycles. The Kier molecular flexibility index (Phi) is 6.45. The molecular formula is C23H16BrF4N3O3S. The summed E-state index contributed by atoms with van der Waals surface area (Å²) in [7, 11) is -3.97. The van der Waals surface area contributed by atoms with Crippen LogP contribution in [0.3, 0.4) is 0 Å². The van der Waals surface area contributed by atoms with E-state index in [0.29, 0.717) is 15.4 Å². The van der Waals surface area contributed by atoms with E-state index >= 15 is 0 Å². The Hall–Kier alpha value is -3.25. The van der Waals surface area contributed by atoms with Gasteiger partial charge in [-0.1, -0.05) is 23.8 Å². The molecule has 2 aromatic heterocycles. The molecule has 12 heteroatoms. The number of hydrogen-bond acceptors (Lipinski definition) is 4. The number of alkyl halides is 3. The molecule has 1 N–H and O–H groups in total. The number of carbonyl (C=O) groups is 1. The molecule has 2 heterocycles. The van der Waals surface area contributed by atoms with Gasteiger partial charge in [0, 0.05) is 34.4 Å². The van der Waals surface area contributed by atoms with E-state index in [-0.39, 0.29) is 28.2 Å². The van der Waals surface area contributed by atoms with E-state index in [1.165, 1.54) is 30.6 Å². The van der Waals surface area contributed by atoms with Gasteiger partial charge in [0.1, 0.15) is 5.82 Å². The highest BCUT2D eigenvalue weighted by Crippen LogP contribution is 2.32. The maximum atomic E-state index is 14.7. The molecule has 35 heavy (non-hydrogen) atoms. The Morgan fingerprint density at radius 3 is 2.40 bits per heavy atom. The van der Waals surface area contributed by atoms with E-state index in [2.05, 4.69) is 20.9 Å². The van der Waals surface area contributed by atoms with Crippen LogP contribution in [-0.2, 0) is 21.2 Å². The minimum atomic E-state index is -5.10. The Bertz CT molecular complexity index is 1550. The third-order valence-electron chi connectivity index (χ3n) is 5.22. The van der Waals surface area contributed by atoms with Crippen LogP contribution >= 0.6 is 15.9 Å². The molecule has 2 aromatic carbocycles. The first-order valence-corrected chi connectivity index (χ1v) is 12.2. The summed E-state index contributed by atoms with van der Waals surface area (Å²) in [5.74, 6) is -3.04. The minimum absolute atomic E-state index is 0.00839. The van der Waals surface area contributed by atoms with Crippen molar-refractivity contribution in [1.29, 1.82) is 0 Å². The molecule has 0 spiro atoms. The molecule has 0 unspecified atom stereocenters. The number of pyridine rings is 1. The van der Waals surface area contributed by atoms with Crippen molar-refractivity contribution in [3.63, 3.8) is 0 Å². The fourth-order valence-electron chi connectivity index (χ4n) is 3.48. The van der Waals surface area contributed by atoms with Gasteiger partial charge in [0.15, 0.2) is 5.65 Å². The standard InChI is InChI=1S/C23H16BrF4N3O3S/c1-13-2-6-17(7-3-13)35(33,34)31-12-18(24)20-15(8-9-29-21(20)31)10-14-4-5-16(11-19(14)25)30-22(32)23(26,27)28/h2-9,11-12H,10H2,1H3,(H,30,32). The monoisotopic (exact) mass is 569 g/mol. The molecule has 4 rings (SSSR count). The van der Waals surface area contributed by atoms with Gasteiger partial charge in [0.2, 0.25) is 0 Å². The number of aromatic nitrogens is 2. The summed E-state index contributed by atoms with van der Waals surface area (Å²) in [6.45, 7) is 1.84. The normalized spacial score (nSPS) is 12.2. The molecule has 0 bridgehead atoms. The summed E-state index contributed by atoms with van der Waals surface area (Å²) in [6.07, 6.45) is -2.36. The number of aryl methyl sites for hydroxylation is 1. The summed E-state index contributed by atoms with van der Waals surface area (Å²) in [5.41, 5.74) is 1.34. The summed E-state index contributed by atoms with van der Waals surface area (Å²) in [5, 5.41) is 2.04. The summed E-state index contributed by atoms with van der Waals surface area (Å²) < 4.78 is 79.9. The lowest BCUT2D eigenvalue weighted by molar-refractivity contribution is -0.167. The van der Waals surface area contributed by atoms with Gasteiger partial charge in [-0.3, -0.25) is 4.79 Å². The summed E-state index contributed by atoms with van der Waals surface area (Å²) in [6, 6.07) is 11.1. The van der Waals surface area contributed by atoms with Crippen LogP contribution in [0.2, 0.25) is 0 Å². The van der Waals surface area contributed by atoms with Crippen molar-refractivity contribution in [3.8, 4) is 0 Å². The molecule has 0 atom stereocenters. The van der Waals surface area contributed by atoms with Crippen molar-refractivity contribution in [2.24, 2.45) is 0 Å². The first kappa shape index (κ1) is 24.9. The number of anilines is 1. The fourth-order valence-corrected chi connectivity index (χ4v) is 5.56. The molecule has 0 saturated carbocycles. The van der Waals surface area contributed by atoms with Gasteiger partial charge in [-0.15, -0.1) is 0 Å². The molecule has 0 aliphatic rings. The molecule has 0 radical (unpaired) electrons. The van der Waals surface area contributed by atoms with Gasteiger partial charge in [0.05, 0.1) is 4.90 Å². The highest BCUT2D eigenvalue weighted by Gasteiger charge is 2.38. The number of carbonyl (C=O) groups excluding carboxylic acids is 1. The number of halogens is 5. The van der Waals surface area contributed by atoms with E-state index in [9.17, 15) is 30.8 Å². The zero-order chi connectivity index (χ0) is 25.5. The average molecular weight is 570 g/mol. The molecule has 1 amide bonds. The van der Waals surface area contributed by atoms with Crippen molar-refractivity contribution in [2.45, 2.75) is 24.4 Å². The molecule has 0 aliphatic carbocycles. The van der Waals surface area contributed by atoms with Gasteiger partial charge in [-0.05, 0) is 64.3 Å². The van der Waals surface area contributed by atoms with Crippen LogP contribution < -0.4 is 5.32 Å². The van der Waals surface area contributed by atoms with Crippen LogP contribution in [0.4, 0.5) is 23.2 Å². The number of nitrogens with one attached hydrogen (secondary N) is 1. The van der Waals surface area contributed by atoms with Gasteiger partial charge in [-0.2, -0.15) is 13.2 Å². The molecule has 0 aliphatic heterocycles. The van der Waals surface area contributed by atoms with Crippen molar-refractivity contribution in [2.75, 3.05) is 5.32 Å². The third-order valence-corrected chi connectivity index (χ3v) is 7.49. The SMILES string of the molecule is Cc1ccc(S(=O)(=O)n2cc(Br)c3c(Cc4ccc(NC(=O)C(F)(F)F)cc4F)ccnc32)cc1. The number of benzene rings is 2. The number of amides is 1. The first-order chi connectivity index (χ1) is 16.4. The maximum absolute atomic E-state index is 14.7. The van der Waals surface area contributed by atoms with E-state index < -0.39 is 27.9 Å². The Morgan fingerprint density at radius 2 is 1.77 bits per heavy atom. The minimum Gasteiger partial charge on any atom is -0.318 e. The van der Waals surface area contributed by atoms with E-state index in [0.717, 1.165) is 21.7 Å². The molecular weight excluding hydrogens is 554 g/mol. The second-order valence-corrected chi connectivity index (χ2v) is 10.4. The van der Waals surface area contributed by atoms with Crippen molar-refractivity contribution in [1.82, 2.24) is 8.96 Å². The van der Waals surface area contributed by atoms with Crippen LogP contribution in [0.25, 0.3) is 11.0 Å². The first-order valence-electron chi connectivity index (χ1n) is 10.0. The van der Waals surface area contributed by atoms with Crippen LogP contribution in [0.1, 0.15) is 16.7 Å². The number of rotatable bonds is 5. The summed E-state index contributed by atoms with van der Waals surface area (Å²) in [4.78, 5) is 15.4. The van der Waals surface area contributed by atoms with Crippen molar-refractivity contribution >= 4 is 48.6 Å². The predicted octanol–water partition coefficient (Wildman–Crippen LogP) is 5.57. The van der Waals surface area contributed by atoms with Gasteiger partial charge < -0.3 is 5.32 Å². The van der Waals surface area contributed by atoms with Gasteiger partial charge >= 0.3 is 12.1 Å². The lowest BCUT2D eigenvalue weighted by atomic mass is 10.0. The van der Waals surface area contributed by atoms with E-state index in [4.69, 9.17) is 0 Å². The van der Waals surface area contributed by atoms with E-state index in [1.807, 2.05) is 6.92 Å². The Labute approximate surface area is 205 Å². The molecule has 4 aromatic rings. The Morgan fingerprint density at radius 1 is 1.09 bits per heavy atom. The Balaban J connectivity index is 1.70. The average Bonchev–Trinajstić information content (AvgIpc) is 3.13. The summed E-state index contributed by atoms with van der Waals surface area (Å²) >= 11 is 3.36. The van der Waals surface area contributed by atoms with Gasteiger partial charge in [0.25, 0.3) is 10.0 Å². The third kappa shape index (κ3) is 4.94. The van der Waals surface area contributed by atoms with Crippen LogP contribution in [-0.4, -0.2) is 29.5 Å². The van der Waals surface area contributed by atoms with Crippen LogP contribution in [0.5, 0.6) is 0 Å². The van der Waals surface area contributed by atoms with Crippen LogP contribution in [0, 0.1) is 12.7 Å². The largest absolute Gasteiger partial charge is 0.471 e. The maximum Gasteiger partial charge on any atom is 0.471 e. The van der Waals surface area contributed by atoms with Crippen molar-refractivity contribution < 1.29 is 30.8 Å². The van der Waals surface area contributed by atoms with E-state index in [1.54, 1.807) is 23.5 Å². The second kappa shape index (κ2) is 9.08. The lowest BCUT2D eigenvalue weighted by Crippen LogP contribution is -2.29. The zero-order valence-corrected chi connectivity index (χ0v) is 20.3. The smallest absolute Gasteiger partial charge is 0.318 e. The quantitative estimate of drug-likeness (QED) is 0.318. The highest BCUT2D eigenvalue weighted by atomic mass is 79.9. The predicted molar refractivity (Wildman–Crippen MR) is 125 cm³/mol. The molecule has 6 nitrogen and oxygen atoms in total. The van der Waals surface area contributed by atoms with Crippen LogP contribution in [0.15, 0.2) is 70.3 Å². The van der Waals surface area contributed by atoms with Gasteiger partial charge in [-0.25, -0.2) is 21.8 Å². The number of fused-ring (bicyclic) bond motifs is 1. The zero-order valence-electron chi connectivity index (χ0n) is 17.9.